The molecule has 0 spiro atoms. The zero-order chi connectivity index (χ0) is 18.4. The summed E-state index contributed by atoms with van der Waals surface area (Å²) in [4.78, 5) is 12.2. The van der Waals surface area contributed by atoms with Gasteiger partial charge in [0, 0.05) is 31.1 Å². The van der Waals surface area contributed by atoms with Gasteiger partial charge in [0.15, 0.2) is 11.5 Å². The average Bonchev–Trinajstić information content (AvgIpc) is 2.87. The van der Waals surface area contributed by atoms with Gasteiger partial charge in [0.05, 0.1) is 18.1 Å². The second-order valence-electron chi connectivity index (χ2n) is 5.72. The van der Waals surface area contributed by atoms with E-state index in [4.69, 9.17) is 9.47 Å². The second-order valence-corrected chi connectivity index (χ2v) is 7.49. The molecule has 2 aromatic rings. The summed E-state index contributed by atoms with van der Waals surface area (Å²) in [5, 5.41) is 2.73. The molecule has 8 heteroatoms. The fraction of sp³-hybridized carbons (Fsp3) is 0.278. The number of ether oxygens (including phenoxy) is 2. The maximum absolute atomic E-state index is 12.1. The minimum absolute atomic E-state index is 0.00755. The van der Waals surface area contributed by atoms with E-state index in [-0.39, 0.29) is 23.8 Å². The number of rotatable bonds is 6. The highest BCUT2D eigenvalue weighted by atomic mass is 32.2. The normalized spacial score (nSPS) is 13.7. The topological polar surface area (TPSA) is 93.7 Å². The molecule has 0 atom stereocenters. The van der Waals surface area contributed by atoms with Crippen LogP contribution in [0.25, 0.3) is 0 Å². The molecule has 0 aromatic heterocycles. The highest BCUT2D eigenvalue weighted by Crippen LogP contribution is 2.32. The van der Waals surface area contributed by atoms with Gasteiger partial charge in [0.1, 0.15) is 0 Å². The lowest BCUT2D eigenvalue weighted by Crippen LogP contribution is -2.27. The summed E-state index contributed by atoms with van der Waals surface area (Å²) in [7, 11) is -3.61. The Morgan fingerprint density at radius 2 is 1.73 bits per heavy atom. The highest BCUT2D eigenvalue weighted by Gasteiger charge is 2.14. The molecule has 1 amide bonds. The number of amides is 1. The van der Waals surface area contributed by atoms with Crippen LogP contribution in [-0.4, -0.2) is 34.1 Å². The van der Waals surface area contributed by atoms with E-state index in [0.717, 1.165) is 6.42 Å². The molecule has 0 fully saturated rings. The van der Waals surface area contributed by atoms with E-state index in [0.29, 0.717) is 30.4 Å². The average molecular weight is 376 g/mol. The van der Waals surface area contributed by atoms with Crippen LogP contribution in [0, 0.1) is 0 Å². The van der Waals surface area contributed by atoms with Crippen molar-refractivity contribution in [2.24, 2.45) is 0 Å². The molecule has 1 aliphatic rings. The van der Waals surface area contributed by atoms with E-state index in [1.165, 1.54) is 12.1 Å². The van der Waals surface area contributed by atoms with Crippen molar-refractivity contribution in [3.8, 4) is 11.5 Å². The van der Waals surface area contributed by atoms with Gasteiger partial charge in [-0.3, -0.25) is 4.79 Å². The Hall–Kier alpha value is -2.58. The largest absolute Gasteiger partial charge is 0.490 e. The number of carbonyl (C=O) groups excluding carboxylic acids is 1. The first-order valence-electron chi connectivity index (χ1n) is 8.29. The summed E-state index contributed by atoms with van der Waals surface area (Å²) >= 11 is 0. The lowest BCUT2D eigenvalue weighted by molar-refractivity contribution is -0.116. The van der Waals surface area contributed by atoms with Crippen LogP contribution < -0.4 is 19.5 Å². The summed E-state index contributed by atoms with van der Waals surface area (Å²) in [6.45, 7) is 1.17. The van der Waals surface area contributed by atoms with Gasteiger partial charge in [-0.1, -0.05) is 18.2 Å². The van der Waals surface area contributed by atoms with Gasteiger partial charge in [-0.2, -0.15) is 0 Å². The van der Waals surface area contributed by atoms with Crippen molar-refractivity contribution in [1.29, 1.82) is 0 Å². The first-order chi connectivity index (χ1) is 12.5. The number of fused-ring (bicyclic) bond motifs is 1. The number of anilines is 1. The molecular formula is C18H20N2O5S. The Kier molecular flexibility index (Phi) is 5.75. The molecule has 0 unspecified atom stereocenters. The predicted octanol–water partition coefficient (Wildman–Crippen LogP) is 2.16. The van der Waals surface area contributed by atoms with Crippen LogP contribution in [0.5, 0.6) is 11.5 Å². The summed E-state index contributed by atoms with van der Waals surface area (Å²) in [5.41, 5.74) is 0.574. The maximum atomic E-state index is 12.1. The molecule has 1 aliphatic heterocycles. The number of nitrogens with one attached hydrogen (secondary N) is 2. The van der Waals surface area contributed by atoms with Crippen LogP contribution in [-0.2, 0) is 14.8 Å². The van der Waals surface area contributed by atoms with Gasteiger partial charge < -0.3 is 14.8 Å². The van der Waals surface area contributed by atoms with E-state index in [1.807, 2.05) is 0 Å². The lowest BCUT2D eigenvalue weighted by Gasteiger charge is -2.11. The molecule has 1 heterocycles. The molecule has 0 aliphatic carbocycles. The molecule has 138 valence electrons. The van der Waals surface area contributed by atoms with Crippen LogP contribution in [0.15, 0.2) is 53.4 Å². The Balaban J connectivity index is 1.52. The van der Waals surface area contributed by atoms with Crippen LogP contribution in [0.3, 0.4) is 0 Å². The molecule has 0 radical (unpaired) electrons. The quantitative estimate of drug-likeness (QED) is 0.806. The number of hydrogen-bond donors (Lipinski definition) is 2. The highest BCUT2D eigenvalue weighted by molar-refractivity contribution is 7.89. The zero-order valence-corrected chi connectivity index (χ0v) is 14.9. The van der Waals surface area contributed by atoms with E-state index in [1.54, 1.807) is 36.4 Å². The Bertz CT molecular complexity index is 868. The summed E-state index contributed by atoms with van der Waals surface area (Å²) in [6.07, 6.45) is 0.818. The van der Waals surface area contributed by atoms with Gasteiger partial charge in [-0.15, -0.1) is 0 Å². The van der Waals surface area contributed by atoms with Crippen molar-refractivity contribution in [3.63, 3.8) is 0 Å². The van der Waals surface area contributed by atoms with Crippen LogP contribution in [0.4, 0.5) is 5.69 Å². The molecule has 0 saturated heterocycles. The van der Waals surface area contributed by atoms with Crippen LogP contribution in [0.1, 0.15) is 12.8 Å². The van der Waals surface area contributed by atoms with Crippen molar-refractivity contribution >= 4 is 21.6 Å². The monoisotopic (exact) mass is 376 g/mol. The number of sulfonamides is 1. The molecule has 3 rings (SSSR count). The minimum atomic E-state index is -3.61. The summed E-state index contributed by atoms with van der Waals surface area (Å²) in [5.74, 6) is 0.941. The number of carbonyl (C=O) groups is 1. The zero-order valence-electron chi connectivity index (χ0n) is 14.1. The van der Waals surface area contributed by atoms with Gasteiger partial charge in [0.25, 0.3) is 0 Å². The van der Waals surface area contributed by atoms with Crippen molar-refractivity contribution in [2.45, 2.75) is 17.7 Å². The standard InChI is InChI=1S/C18H20N2O5S/c21-18(9-10-19-26(22,23)15-5-2-1-3-6-15)20-14-7-8-16-17(13-14)25-12-4-11-24-16/h1-3,5-8,13,19H,4,9-12H2,(H,20,21). The van der Waals surface area contributed by atoms with Gasteiger partial charge in [-0.25, -0.2) is 13.1 Å². The van der Waals surface area contributed by atoms with Gasteiger partial charge in [-0.05, 0) is 24.3 Å². The summed E-state index contributed by atoms with van der Waals surface area (Å²) in [6, 6.07) is 13.2. The first-order valence-corrected chi connectivity index (χ1v) is 9.77. The Labute approximate surface area is 152 Å². The van der Waals surface area contributed by atoms with Crippen molar-refractivity contribution in [1.82, 2.24) is 4.72 Å². The van der Waals surface area contributed by atoms with Crippen molar-refractivity contribution in [2.75, 3.05) is 25.1 Å². The molecule has 2 aromatic carbocycles. The molecule has 0 saturated carbocycles. The lowest BCUT2D eigenvalue weighted by atomic mass is 10.2. The third-order valence-electron chi connectivity index (χ3n) is 3.73. The molecule has 2 N–H and O–H groups in total. The Morgan fingerprint density at radius 1 is 1.00 bits per heavy atom. The van der Waals surface area contributed by atoms with Crippen molar-refractivity contribution < 1.29 is 22.7 Å². The number of benzene rings is 2. The SMILES string of the molecule is O=C(CCNS(=O)(=O)c1ccccc1)Nc1ccc2c(c1)OCCCO2. The third-order valence-corrected chi connectivity index (χ3v) is 5.21. The molecule has 0 bridgehead atoms. The molecular weight excluding hydrogens is 356 g/mol. The van der Waals surface area contributed by atoms with Gasteiger partial charge >= 0.3 is 0 Å². The fourth-order valence-corrected chi connectivity index (χ4v) is 3.50. The first kappa shape index (κ1) is 18.2. The smallest absolute Gasteiger partial charge is 0.240 e. The van der Waals surface area contributed by atoms with E-state index in [9.17, 15) is 13.2 Å². The fourth-order valence-electron chi connectivity index (χ4n) is 2.45. The number of hydrogen-bond acceptors (Lipinski definition) is 5. The van der Waals surface area contributed by atoms with Crippen molar-refractivity contribution in [3.05, 3.63) is 48.5 Å². The third kappa shape index (κ3) is 4.74. The van der Waals surface area contributed by atoms with E-state index in [2.05, 4.69) is 10.0 Å². The molecule has 26 heavy (non-hydrogen) atoms. The van der Waals surface area contributed by atoms with E-state index >= 15 is 0 Å². The Morgan fingerprint density at radius 3 is 2.50 bits per heavy atom. The van der Waals surface area contributed by atoms with E-state index < -0.39 is 10.0 Å². The van der Waals surface area contributed by atoms with Gasteiger partial charge in [0.2, 0.25) is 15.9 Å². The van der Waals surface area contributed by atoms with Crippen LogP contribution in [0.2, 0.25) is 0 Å². The van der Waals surface area contributed by atoms with Crippen LogP contribution >= 0.6 is 0 Å². The molecule has 7 nitrogen and oxygen atoms in total. The minimum Gasteiger partial charge on any atom is -0.490 e. The maximum Gasteiger partial charge on any atom is 0.240 e. The second kappa shape index (κ2) is 8.20. The summed E-state index contributed by atoms with van der Waals surface area (Å²) < 4.78 is 37.7. The predicted molar refractivity (Wildman–Crippen MR) is 96.9 cm³/mol.